The van der Waals surface area contributed by atoms with Crippen LogP contribution in [0.25, 0.3) is 0 Å². The summed E-state index contributed by atoms with van der Waals surface area (Å²) >= 11 is 0. The van der Waals surface area contributed by atoms with Crippen molar-refractivity contribution in [3.63, 3.8) is 0 Å². The summed E-state index contributed by atoms with van der Waals surface area (Å²) in [6.45, 7) is 7.13. The van der Waals surface area contributed by atoms with Crippen LogP contribution in [-0.4, -0.2) is 48.3 Å². The van der Waals surface area contributed by atoms with Crippen LogP contribution in [0, 0.1) is 5.92 Å². The molecular formula is C16H26O4. The van der Waals surface area contributed by atoms with Gasteiger partial charge >= 0.3 is 0 Å². The highest BCUT2D eigenvalue weighted by Crippen LogP contribution is 2.59. The van der Waals surface area contributed by atoms with Gasteiger partial charge in [0.1, 0.15) is 5.60 Å². The summed E-state index contributed by atoms with van der Waals surface area (Å²) in [4.78, 5) is 0. The second kappa shape index (κ2) is 4.80. The van der Waals surface area contributed by atoms with Crippen LogP contribution in [0.1, 0.15) is 40.0 Å². The van der Waals surface area contributed by atoms with Crippen LogP contribution in [0.5, 0.6) is 0 Å². The average molecular weight is 282 g/mol. The van der Waals surface area contributed by atoms with Gasteiger partial charge in [0, 0.05) is 7.11 Å². The molecule has 3 aliphatic rings. The zero-order valence-corrected chi connectivity index (χ0v) is 12.9. The highest BCUT2D eigenvalue weighted by molar-refractivity contribution is 5.20. The predicted octanol–water partition coefficient (Wildman–Crippen LogP) is 2.06. The van der Waals surface area contributed by atoms with E-state index in [9.17, 15) is 5.11 Å². The van der Waals surface area contributed by atoms with Gasteiger partial charge in [-0.15, -0.1) is 0 Å². The van der Waals surface area contributed by atoms with Crippen molar-refractivity contribution in [3.8, 4) is 0 Å². The highest BCUT2D eigenvalue weighted by Gasteiger charge is 2.71. The van der Waals surface area contributed by atoms with Gasteiger partial charge in [0.05, 0.1) is 36.4 Å². The van der Waals surface area contributed by atoms with Crippen LogP contribution >= 0.6 is 0 Å². The molecule has 0 aromatic carbocycles. The topological polar surface area (TPSA) is 54.5 Å². The maximum atomic E-state index is 10.2. The fourth-order valence-electron chi connectivity index (χ4n) is 3.96. The SMILES string of the molecule is CO[C@@H]1[C@H](O)CC[C@]2(CO2)[C@H]1C1(C)O[C@@H]1CC=C(C)C. The highest BCUT2D eigenvalue weighted by atomic mass is 16.6. The van der Waals surface area contributed by atoms with Crippen LogP contribution in [-0.2, 0) is 14.2 Å². The van der Waals surface area contributed by atoms with E-state index in [4.69, 9.17) is 14.2 Å². The van der Waals surface area contributed by atoms with E-state index in [0.29, 0.717) is 0 Å². The molecule has 2 aliphatic heterocycles. The molecule has 0 radical (unpaired) electrons. The van der Waals surface area contributed by atoms with Crippen molar-refractivity contribution in [2.24, 2.45) is 5.92 Å². The third-order valence-corrected chi connectivity index (χ3v) is 5.26. The van der Waals surface area contributed by atoms with Crippen LogP contribution < -0.4 is 0 Å². The number of ether oxygens (including phenoxy) is 3. The average Bonchev–Trinajstić information content (AvgIpc) is 3.29. The van der Waals surface area contributed by atoms with Crippen molar-refractivity contribution >= 4 is 0 Å². The molecule has 0 aromatic heterocycles. The Hall–Kier alpha value is -0.420. The zero-order chi connectivity index (χ0) is 14.5. The summed E-state index contributed by atoms with van der Waals surface area (Å²) in [5, 5.41) is 10.2. The summed E-state index contributed by atoms with van der Waals surface area (Å²) in [5.41, 5.74) is 0.964. The summed E-state index contributed by atoms with van der Waals surface area (Å²) < 4.78 is 17.4. The molecule has 114 valence electrons. The summed E-state index contributed by atoms with van der Waals surface area (Å²) in [6, 6.07) is 0. The molecule has 6 atom stereocenters. The molecule has 20 heavy (non-hydrogen) atoms. The number of rotatable bonds is 4. The van der Waals surface area contributed by atoms with Crippen molar-refractivity contribution in [1.82, 2.24) is 0 Å². The molecule has 1 aliphatic carbocycles. The van der Waals surface area contributed by atoms with Gasteiger partial charge in [0.15, 0.2) is 0 Å². The van der Waals surface area contributed by atoms with Crippen LogP contribution in [0.4, 0.5) is 0 Å². The second-order valence-corrected chi connectivity index (χ2v) is 6.94. The first-order chi connectivity index (χ1) is 9.43. The minimum atomic E-state index is -0.412. The maximum absolute atomic E-state index is 10.2. The van der Waals surface area contributed by atoms with Crippen molar-refractivity contribution < 1.29 is 19.3 Å². The Labute approximate surface area is 121 Å². The molecule has 0 bridgehead atoms. The molecule has 0 amide bonds. The first-order valence-corrected chi connectivity index (χ1v) is 7.59. The van der Waals surface area contributed by atoms with E-state index in [1.54, 1.807) is 7.11 Å². The largest absolute Gasteiger partial charge is 0.390 e. The van der Waals surface area contributed by atoms with Gasteiger partial charge in [-0.3, -0.25) is 0 Å². The van der Waals surface area contributed by atoms with Crippen molar-refractivity contribution in [1.29, 1.82) is 0 Å². The molecule has 1 unspecified atom stereocenters. The van der Waals surface area contributed by atoms with E-state index < -0.39 is 6.10 Å². The van der Waals surface area contributed by atoms with Crippen LogP contribution in [0.3, 0.4) is 0 Å². The third kappa shape index (κ3) is 2.23. The van der Waals surface area contributed by atoms with Gasteiger partial charge in [0.2, 0.25) is 0 Å². The monoisotopic (exact) mass is 282 g/mol. The summed E-state index contributed by atoms with van der Waals surface area (Å²) in [7, 11) is 1.68. The van der Waals surface area contributed by atoms with Gasteiger partial charge in [-0.1, -0.05) is 11.6 Å². The fraction of sp³-hybridized carbons (Fsp3) is 0.875. The third-order valence-electron chi connectivity index (χ3n) is 5.26. The number of aliphatic hydroxyl groups is 1. The molecular weight excluding hydrogens is 256 g/mol. The molecule has 3 fully saturated rings. The number of methoxy groups -OCH3 is 1. The van der Waals surface area contributed by atoms with Crippen molar-refractivity contribution in [2.45, 2.75) is 69.5 Å². The first kappa shape index (κ1) is 14.5. The number of aliphatic hydroxyl groups excluding tert-OH is 1. The van der Waals surface area contributed by atoms with Crippen molar-refractivity contribution in [2.75, 3.05) is 13.7 Å². The number of hydrogen-bond acceptors (Lipinski definition) is 4. The number of epoxide rings is 2. The Kier molecular flexibility index (Phi) is 3.49. The number of hydrogen-bond donors (Lipinski definition) is 1. The van der Waals surface area contributed by atoms with E-state index in [2.05, 4.69) is 26.8 Å². The minimum Gasteiger partial charge on any atom is -0.390 e. The lowest BCUT2D eigenvalue weighted by Gasteiger charge is -2.41. The Balaban J connectivity index is 1.78. The molecule has 3 rings (SSSR count). The molecule has 0 aromatic rings. The molecule has 4 nitrogen and oxygen atoms in total. The molecule has 1 saturated carbocycles. The lowest BCUT2D eigenvalue weighted by Crippen LogP contribution is -2.54. The van der Waals surface area contributed by atoms with Gasteiger partial charge in [0.25, 0.3) is 0 Å². The lowest BCUT2D eigenvalue weighted by molar-refractivity contribution is -0.116. The lowest BCUT2D eigenvalue weighted by atomic mass is 9.68. The van der Waals surface area contributed by atoms with E-state index >= 15 is 0 Å². The normalized spacial score (nSPS) is 50.0. The van der Waals surface area contributed by atoms with E-state index in [0.717, 1.165) is 25.9 Å². The zero-order valence-electron chi connectivity index (χ0n) is 12.9. The molecule has 2 saturated heterocycles. The predicted molar refractivity (Wildman–Crippen MR) is 75.5 cm³/mol. The van der Waals surface area contributed by atoms with Crippen LogP contribution in [0.15, 0.2) is 11.6 Å². The van der Waals surface area contributed by atoms with E-state index in [1.165, 1.54) is 5.57 Å². The standard InChI is InChI=1S/C16H26O4/c1-10(2)5-6-12-15(3,20-12)14-13(18-4)11(17)7-8-16(14)9-19-16/h5,11-14,17H,6-9H2,1-4H3/t11-,12-,13-,14-,15?,16+/m1/s1. The van der Waals surface area contributed by atoms with Gasteiger partial charge < -0.3 is 19.3 Å². The Morgan fingerprint density at radius 3 is 2.70 bits per heavy atom. The molecule has 1 N–H and O–H groups in total. The second-order valence-electron chi connectivity index (χ2n) is 6.94. The van der Waals surface area contributed by atoms with E-state index in [-0.39, 0.29) is 29.3 Å². The summed E-state index contributed by atoms with van der Waals surface area (Å²) in [6.07, 6.45) is 4.43. The van der Waals surface area contributed by atoms with Gasteiger partial charge in [-0.25, -0.2) is 0 Å². The smallest absolute Gasteiger partial charge is 0.101 e. The minimum absolute atomic E-state index is 0.117. The maximum Gasteiger partial charge on any atom is 0.101 e. The van der Waals surface area contributed by atoms with Gasteiger partial charge in [-0.05, 0) is 40.0 Å². The quantitative estimate of drug-likeness (QED) is 0.633. The summed E-state index contributed by atoms with van der Waals surface area (Å²) in [5.74, 6) is 0.124. The molecule has 4 heteroatoms. The van der Waals surface area contributed by atoms with Gasteiger partial charge in [-0.2, -0.15) is 0 Å². The molecule has 1 spiro atoms. The van der Waals surface area contributed by atoms with E-state index in [1.807, 2.05) is 0 Å². The molecule has 2 heterocycles. The first-order valence-electron chi connectivity index (χ1n) is 7.59. The van der Waals surface area contributed by atoms with Crippen LogP contribution in [0.2, 0.25) is 0 Å². The Morgan fingerprint density at radius 2 is 2.15 bits per heavy atom. The van der Waals surface area contributed by atoms with Crippen molar-refractivity contribution in [3.05, 3.63) is 11.6 Å². The number of allylic oxidation sites excluding steroid dienone is 1. The Bertz CT molecular complexity index is 411. The fourth-order valence-corrected chi connectivity index (χ4v) is 3.96. The Morgan fingerprint density at radius 1 is 1.45 bits per heavy atom.